The molecule has 1 aromatic carbocycles. The van der Waals surface area contributed by atoms with Crippen molar-refractivity contribution in [1.82, 2.24) is 14.9 Å². The number of aromatic nitrogens is 2. The van der Waals surface area contributed by atoms with Gasteiger partial charge in [0.15, 0.2) is 13.2 Å². The normalized spacial score (nSPS) is 14.0. The molecule has 8 nitrogen and oxygen atoms in total. The Morgan fingerprint density at radius 2 is 1.70 bits per heavy atom. The fraction of sp³-hybridized carbons (Fsp3) is 0.368. The number of piperazine rings is 1. The van der Waals surface area contributed by atoms with Gasteiger partial charge in [0.1, 0.15) is 5.75 Å². The summed E-state index contributed by atoms with van der Waals surface area (Å²) in [5, 5.41) is 0. The number of esters is 1. The highest BCUT2D eigenvalue weighted by molar-refractivity contribution is 5.81. The van der Waals surface area contributed by atoms with E-state index in [0.29, 0.717) is 37.9 Å². The molecular weight excluding hydrogens is 348 g/mol. The zero-order chi connectivity index (χ0) is 19.1. The van der Waals surface area contributed by atoms with Gasteiger partial charge in [0.2, 0.25) is 5.95 Å². The van der Waals surface area contributed by atoms with E-state index in [1.165, 1.54) is 0 Å². The summed E-state index contributed by atoms with van der Waals surface area (Å²) in [4.78, 5) is 36.2. The minimum absolute atomic E-state index is 0.215. The number of aryl methyl sites for hydroxylation is 1. The van der Waals surface area contributed by atoms with Crippen LogP contribution in [0.5, 0.6) is 5.75 Å². The molecule has 0 aliphatic carbocycles. The third-order valence-corrected chi connectivity index (χ3v) is 4.26. The minimum atomic E-state index is -0.567. The molecule has 3 rings (SSSR count). The first-order valence-corrected chi connectivity index (χ1v) is 8.77. The number of hydrogen-bond acceptors (Lipinski definition) is 7. The molecule has 1 aliphatic heterocycles. The molecule has 2 aromatic rings. The number of nitrogens with zero attached hydrogens (tertiary/aromatic N) is 4. The summed E-state index contributed by atoms with van der Waals surface area (Å²) < 4.78 is 10.5. The maximum atomic E-state index is 12.2. The van der Waals surface area contributed by atoms with Gasteiger partial charge in [-0.2, -0.15) is 0 Å². The average Bonchev–Trinajstić information content (AvgIpc) is 2.72. The van der Waals surface area contributed by atoms with Crippen molar-refractivity contribution in [2.45, 2.75) is 6.92 Å². The highest BCUT2D eigenvalue weighted by Gasteiger charge is 2.23. The largest absolute Gasteiger partial charge is 0.482 e. The molecule has 8 heteroatoms. The molecule has 0 saturated carbocycles. The molecule has 0 N–H and O–H groups in total. The number of amides is 1. The van der Waals surface area contributed by atoms with Crippen LogP contribution in [0.4, 0.5) is 5.95 Å². The molecule has 0 radical (unpaired) electrons. The van der Waals surface area contributed by atoms with E-state index in [2.05, 4.69) is 9.97 Å². The minimum Gasteiger partial charge on any atom is -0.482 e. The molecule has 1 saturated heterocycles. The number of para-hydroxylation sites is 1. The van der Waals surface area contributed by atoms with E-state index in [9.17, 15) is 9.59 Å². The van der Waals surface area contributed by atoms with Crippen LogP contribution < -0.4 is 9.64 Å². The summed E-state index contributed by atoms with van der Waals surface area (Å²) in [5.41, 5.74) is 0.932. The summed E-state index contributed by atoms with van der Waals surface area (Å²) in [6, 6.07) is 9.16. The van der Waals surface area contributed by atoms with Crippen LogP contribution in [0.15, 0.2) is 42.7 Å². The molecule has 0 atom stereocenters. The van der Waals surface area contributed by atoms with Gasteiger partial charge in [-0.1, -0.05) is 18.2 Å². The molecule has 1 amide bonds. The van der Waals surface area contributed by atoms with Gasteiger partial charge in [-0.25, -0.2) is 14.8 Å². The highest BCUT2D eigenvalue weighted by Crippen LogP contribution is 2.16. The summed E-state index contributed by atoms with van der Waals surface area (Å²) in [7, 11) is 0. The third-order valence-electron chi connectivity index (χ3n) is 4.26. The van der Waals surface area contributed by atoms with Crippen LogP contribution >= 0.6 is 0 Å². The summed E-state index contributed by atoms with van der Waals surface area (Å²) in [6.45, 7) is 3.74. The first-order valence-electron chi connectivity index (χ1n) is 8.77. The Balaban J connectivity index is 1.38. The van der Waals surface area contributed by atoms with Crippen molar-refractivity contribution in [3.8, 4) is 5.75 Å². The second kappa shape index (κ2) is 8.98. The summed E-state index contributed by atoms with van der Waals surface area (Å²) in [5.74, 6) is 0.500. The number of rotatable bonds is 6. The third kappa shape index (κ3) is 5.16. The fourth-order valence-corrected chi connectivity index (χ4v) is 2.74. The fourth-order valence-electron chi connectivity index (χ4n) is 2.74. The van der Waals surface area contributed by atoms with Crippen molar-refractivity contribution in [3.63, 3.8) is 0 Å². The molecule has 0 bridgehead atoms. The van der Waals surface area contributed by atoms with E-state index in [1.807, 2.05) is 30.0 Å². The molecular formula is C19H22N4O4. The van der Waals surface area contributed by atoms with Crippen molar-refractivity contribution in [2.24, 2.45) is 0 Å². The van der Waals surface area contributed by atoms with E-state index < -0.39 is 5.97 Å². The van der Waals surface area contributed by atoms with Gasteiger partial charge in [0.25, 0.3) is 5.91 Å². The predicted octanol–water partition coefficient (Wildman–Crippen LogP) is 1.06. The second-order valence-electron chi connectivity index (χ2n) is 6.13. The van der Waals surface area contributed by atoms with Crippen LogP contribution in [-0.4, -0.2) is 66.1 Å². The lowest BCUT2D eigenvalue weighted by Crippen LogP contribution is -2.50. The van der Waals surface area contributed by atoms with Crippen LogP contribution in [-0.2, 0) is 14.3 Å². The Hall–Kier alpha value is -3.16. The van der Waals surface area contributed by atoms with Crippen molar-refractivity contribution < 1.29 is 19.1 Å². The van der Waals surface area contributed by atoms with E-state index in [0.717, 1.165) is 5.56 Å². The zero-order valence-electron chi connectivity index (χ0n) is 15.2. The molecule has 0 spiro atoms. The number of benzene rings is 1. The summed E-state index contributed by atoms with van der Waals surface area (Å²) >= 11 is 0. The van der Waals surface area contributed by atoms with Gasteiger partial charge < -0.3 is 19.3 Å². The van der Waals surface area contributed by atoms with Gasteiger partial charge in [-0.3, -0.25) is 4.79 Å². The monoisotopic (exact) mass is 370 g/mol. The summed E-state index contributed by atoms with van der Waals surface area (Å²) in [6.07, 6.45) is 3.39. The van der Waals surface area contributed by atoms with E-state index in [1.54, 1.807) is 29.4 Å². The lowest BCUT2D eigenvalue weighted by atomic mass is 10.2. The topological polar surface area (TPSA) is 84.9 Å². The van der Waals surface area contributed by atoms with Gasteiger partial charge in [-0.15, -0.1) is 0 Å². The highest BCUT2D eigenvalue weighted by atomic mass is 16.6. The molecule has 1 fully saturated rings. The van der Waals surface area contributed by atoms with Crippen LogP contribution in [0.3, 0.4) is 0 Å². The average molecular weight is 370 g/mol. The number of anilines is 1. The van der Waals surface area contributed by atoms with E-state index in [-0.39, 0.29) is 19.1 Å². The van der Waals surface area contributed by atoms with Crippen molar-refractivity contribution in [1.29, 1.82) is 0 Å². The lowest BCUT2D eigenvalue weighted by molar-refractivity contribution is -0.153. The Morgan fingerprint density at radius 1 is 1.00 bits per heavy atom. The van der Waals surface area contributed by atoms with Crippen molar-refractivity contribution in [3.05, 3.63) is 48.3 Å². The Bertz CT molecular complexity index is 776. The predicted molar refractivity (Wildman–Crippen MR) is 98.5 cm³/mol. The van der Waals surface area contributed by atoms with Crippen molar-refractivity contribution >= 4 is 17.8 Å². The standard InChI is InChI=1S/C19H22N4O4/c1-15-5-2-3-6-16(15)26-14-18(25)27-13-17(24)22-9-11-23(12-10-22)19-20-7-4-8-21-19/h2-8H,9-14H2,1H3. The number of carbonyl (C=O) groups is 2. The zero-order valence-corrected chi connectivity index (χ0v) is 15.2. The van der Waals surface area contributed by atoms with Crippen LogP contribution in [0.1, 0.15) is 5.56 Å². The van der Waals surface area contributed by atoms with Crippen LogP contribution in [0.25, 0.3) is 0 Å². The van der Waals surface area contributed by atoms with Gasteiger partial charge in [-0.05, 0) is 24.6 Å². The maximum Gasteiger partial charge on any atom is 0.344 e. The van der Waals surface area contributed by atoms with Crippen LogP contribution in [0.2, 0.25) is 0 Å². The van der Waals surface area contributed by atoms with Gasteiger partial charge >= 0.3 is 5.97 Å². The molecule has 2 heterocycles. The maximum absolute atomic E-state index is 12.2. The van der Waals surface area contributed by atoms with Crippen LogP contribution in [0, 0.1) is 6.92 Å². The quantitative estimate of drug-likeness (QED) is 0.703. The van der Waals surface area contributed by atoms with E-state index in [4.69, 9.17) is 9.47 Å². The molecule has 142 valence electrons. The SMILES string of the molecule is Cc1ccccc1OCC(=O)OCC(=O)N1CCN(c2ncccn2)CC1. The molecule has 0 unspecified atom stereocenters. The number of carbonyl (C=O) groups excluding carboxylic acids is 2. The Morgan fingerprint density at radius 3 is 2.41 bits per heavy atom. The van der Waals surface area contributed by atoms with Crippen molar-refractivity contribution in [2.75, 3.05) is 44.3 Å². The number of ether oxygens (including phenoxy) is 2. The second-order valence-corrected chi connectivity index (χ2v) is 6.13. The molecule has 27 heavy (non-hydrogen) atoms. The Kier molecular flexibility index (Phi) is 6.19. The molecule has 1 aliphatic rings. The lowest BCUT2D eigenvalue weighted by Gasteiger charge is -2.34. The Labute approximate surface area is 157 Å². The van der Waals surface area contributed by atoms with E-state index >= 15 is 0 Å². The number of hydrogen-bond donors (Lipinski definition) is 0. The van der Waals surface area contributed by atoms with Gasteiger partial charge in [0.05, 0.1) is 0 Å². The smallest absolute Gasteiger partial charge is 0.344 e. The first-order chi connectivity index (χ1) is 13.1. The first kappa shape index (κ1) is 18.6. The van der Waals surface area contributed by atoms with Gasteiger partial charge in [0, 0.05) is 38.6 Å². The molecule has 1 aromatic heterocycles.